The number of hydrogen-bond donors (Lipinski definition) is 2. The van der Waals surface area contributed by atoms with E-state index in [-0.39, 0.29) is 10.7 Å². The standard InChI is InChI=1S/C14H16FNO2S2/c1-8(19-2)6-16-7-9-12-10(15)4-3-5-11(12)20-13(9)14(17)18/h3-5,8,16H,6-7H2,1-2H3,(H,17,18). The maximum Gasteiger partial charge on any atom is 0.346 e. The zero-order valence-electron chi connectivity index (χ0n) is 11.3. The van der Waals surface area contributed by atoms with E-state index in [0.717, 1.165) is 17.9 Å². The van der Waals surface area contributed by atoms with Gasteiger partial charge in [0.1, 0.15) is 10.7 Å². The van der Waals surface area contributed by atoms with Crippen molar-refractivity contribution in [3.05, 3.63) is 34.5 Å². The van der Waals surface area contributed by atoms with Crippen LogP contribution in [0.25, 0.3) is 10.1 Å². The van der Waals surface area contributed by atoms with Crippen LogP contribution in [0.5, 0.6) is 0 Å². The highest BCUT2D eigenvalue weighted by Crippen LogP contribution is 2.33. The second kappa shape index (κ2) is 6.56. The Morgan fingerprint density at radius 1 is 1.55 bits per heavy atom. The molecular formula is C14H16FNO2S2. The molecule has 0 fully saturated rings. The van der Waals surface area contributed by atoms with Gasteiger partial charge in [-0.05, 0) is 18.4 Å². The number of benzene rings is 1. The number of carboxylic acids is 1. The Balaban J connectivity index is 2.34. The zero-order chi connectivity index (χ0) is 14.7. The van der Waals surface area contributed by atoms with E-state index >= 15 is 0 Å². The number of thiophene rings is 1. The normalized spacial score (nSPS) is 12.8. The molecule has 2 aromatic rings. The zero-order valence-corrected chi connectivity index (χ0v) is 12.9. The molecule has 108 valence electrons. The Hall–Kier alpha value is -1.11. The van der Waals surface area contributed by atoms with Crippen LogP contribution in [0.15, 0.2) is 18.2 Å². The minimum absolute atomic E-state index is 0.217. The molecule has 2 N–H and O–H groups in total. The summed E-state index contributed by atoms with van der Waals surface area (Å²) in [5.41, 5.74) is 0.545. The molecule has 20 heavy (non-hydrogen) atoms. The van der Waals surface area contributed by atoms with Crippen LogP contribution >= 0.6 is 23.1 Å². The van der Waals surface area contributed by atoms with Gasteiger partial charge in [-0.15, -0.1) is 11.3 Å². The van der Waals surface area contributed by atoms with Crippen LogP contribution in [-0.4, -0.2) is 29.1 Å². The van der Waals surface area contributed by atoms with Crippen LogP contribution in [0, 0.1) is 5.82 Å². The van der Waals surface area contributed by atoms with E-state index in [0.29, 0.717) is 27.4 Å². The van der Waals surface area contributed by atoms with E-state index in [1.54, 1.807) is 23.9 Å². The van der Waals surface area contributed by atoms with Gasteiger partial charge < -0.3 is 10.4 Å². The highest BCUT2D eigenvalue weighted by molar-refractivity contribution is 7.99. The maximum atomic E-state index is 14.0. The first-order valence-electron chi connectivity index (χ1n) is 6.21. The molecule has 1 heterocycles. The van der Waals surface area contributed by atoms with Crippen molar-refractivity contribution in [3.63, 3.8) is 0 Å². The third-order valence-corrected chi connectivity index (χ3v) is 5.25. The van der Waals surface area contributed by atoms with Crippen LogP contribution in [0.2, 0.25) is 0 Å². The van der Waals surface area contributed by atoms with Crippen LogP contribution < -0.4 is 5.32 Å². The van der Waals surface area contributed by atoms with Crippen molar-refractivity contribution in [2.45, 2.75) is 18.7 Å². The van der Waals surface area contributed by atoms with Crippen molar-refractivity contribution in [2.75, 3.05) is 12.8 Å². The average molecular weight is 313 g/mol. The van der Waals surface area contributed by atoms with Gasteiger partial charge in [0, 0.05) is 34.0 Å². The van der Waals surface area contributed by atoms with Gasteiger partial charge in [0.15, 0.2) is 0 Å². The molecule has 2 rings (SSSR count). The van der Waals surface area contributed by atoms with Crippen LogP contribution in [0.4, 0.5) is 4.39 Å². The Kier molecular flexibility index (Phi) is 5.01. The summed E-state index contributed by atoms with van der Waals surface area (Å²) in [4.78, 5) is 11.5. The third-order valence-electron chi connectivity index (χ3n) is 3.09. The molecular weight excluding hydrogens is 297 g/mol. The second-order valence-corrected chi connectivity index (χ2v) is 6.83. The number of aromatic carboxylic acids is 1. The summed E-state index contributed by atoms with van der Waals surface area (Å²) in [6, 6.07) is 4.73. The summed E-state index contributed by atoms with van der Waals surface area (Å²) in [6.07, 6.45) is 2.02. The summed E-state index contributed by atoms with van der Waals surface area (Å²) in [7, 11) is 0. The first-order chi connectivity index (χ1) is 9.54. The third kappa shape index (κ3) is 3.13. The summed E-state index contributed by atoms with van der Waals surface area (Å²) in [5.74, 6) is -1.36. The minimum atomic E-state index is -1.000. The largest absolute Gasteiger partial charge is 0.477 e. The minimum Gasteiger partial charge on any atom is -0.477 e. The van der Waals surface area contributed by atoms with Gasteiger partial charge in [-0.2, -0.15) is 11.8 Å². The molecule has 0 aliphatic heterocycles. The van der Waals surface area contributed by atoms with Gasteiger partial charge in [-0.3, -0.25) is 0 Å². The Morgan fingerprint density at radius 3 is 2.95 bits per heavy atom. The van der Waals surface area contributed by atoms with Crippen LogP contribution in [0.3, 0.4) is 0 Å². The lowest BCUT2D eigenvalue weighted by molar-refractivity contribution is 0.0701. The lowest BCUT2D eigenvalue weighted by atomic mass is 10.1. The van der Waals surface area contributed by atoms with Crippen LogP contribution in [0.1, 0.15) is 22.2 Å². The highest BCUT2D eigenvalue weighted by Gasteiger charge is 2.19. The first-order valence-corrected chi connectivity index (χ1v) is 8.31. The Bertz CT molecular complexity index is 627. The van der Waals surface area contributed by atoms with E-state index in [9.17, 15) is 14.3 Å². The fourth-order valence-corrected chi connectivity index (χ4v) is 3.35. The molecule has 3 nitrogen and oxygen atoms in total. The molecule has 1 aromatic carbocycles. The molecule has 0 radical (unpaired) electrons. The number of halogens is 1. The monoisotopic (exact) mass is 313 g/mol. The number of fused-ring (bicyclic) bond motifs is 1. The van der Waals surface area contributed by atoms with Gasteiger partial charge in [0.05, 0.1) is 0 Å². The summed E-state index contributed by atoms with van der Waals surface area (Å²) >= 11 is 2.85. The lowest BCUT2D eigenvalue weighted by Crippen LogP contribution is -2.22. The van der Waals surface area contributed by atoms with Gasteiger partial charge in [0.25, 0.3) is 0 Å². The molecule has 0 aliphatic rings. The van der Waals surface area contributed by atoms with Crippen molar-refractivity contribution in [1.82, 2.24) is 5.32 Å². The molecule has 0 aliphatic carbocycles. The molecule has 1 unspecified atom stereocenters. The van der Waals surface area contributed by atoms with Gasteiger partial charge in [-0.25, -0.2) is 9.18 Å². The molecule has 1 atom stereocenters. The van der Waals surface area contributed by atoms with Gasteiger partial charge >= 0.3 is 5.97 Å². The molecule has 6 heteroatoms. The van der Waals surface area contributed by atoms with E-state index in [4.69, 9.17) is 0 Å². The molecule has 1 aromatic heterocycles. The SMILES string of the molecule is CSC(C)CNCc1c(C(=O)O)sc2cccc(F)c12. The number of thioether (sulfide) groups is 1. The maximum absolute atomic E-state index is 14.0. The number of carbonyl (C=O) groups is 1. The van der Waals surface area contributed by atoms with Crippen LogP contribution in [-0.2, 0) is 6.54 Å². The van der Waals surface area contributed by atoms with E-state index < -0.39 is 5.97 Å². The van der Waals surface area contributed by atoms with Crippen molar-refractivity contribution < 1.29 is 14.3 Å². The quantitative estimate of drug-likeness (QED) is 0.856. The first kappa shape index (κ1) is 15.3. The fraction of sp³-hybridized carbons (Fsp3) is 0.357. The number of nitrogens with one attached hydrogen (secondary N) is 1. The topological polar surface area (TPSA) is 49.3 Å². The van der Waals surface area contributed by atoms with Gasteiger partial charge in [0.2, 0.25) is 0 Å². The van der Waals surface area contributed by atoms with Gasteiger partial charge in [-0.1, -0.05) is 13.0 Å². The molecule has 0 spiro atoms. The molecule has 0 saturated carbocycles. The number of rotatable bonds is 6. The molecule has 0 amide bonds. The fourth-order valence-electron chi connectivity index (χ4n) is 1.99. The second-order valence-electron chi connectivity index (χ2n) is 4.51. The summed E-state index contributed by atoms with van der Waals surface area (Å²) in [5, 5.41) is 13.3. The Morgan fingerprint density at radius 2 is 2.30 bits per heavy atom. The predicted molar refractivity (Wildman–Crippen MR) is 83.4 cm³/mol. The van der Waals surface area contributed by atoms with Crippen molar-refractivity contribution >= 4 is 39.2 Å². The summed E-state index contributed by atoms with van der Waals surface area (Å²) < 4.78 is 14.6. The average Bonchev–Trinajstić information content (AvgIpc) is 2.79. The van der Waals surface area contributed by atoms with E-state index in [2.05, 4.69) is 12.2 Å². The lowest BCUT2D eigenvalue weighted by Gasteiger charge is -2.10. The molecule has 0 bridgehead atoms. The van der Waals surface area contributed by atoms with E-state index in [1.165, 1.54) is 6.07 Å². The Labute approximate surface area is 125 Å². The smallest absolute Gasteiger partial charge is 0.346 e. The molecule has 0 saturated heterocycles. The van der Waals surface area contributed by atoms with Crippen molar-refractivity contribution in [3.8, 4) is 0 Å². The summed E-state index contributed by atoms with van der Waals surface area (Å²) in [6.45, 7) is 3.21. The predicted octanol–water partition coefficient (Wildman–Crippen LogP) is 3.58. The number of carboxylic acid groups (broad SMARTS) is 1. The van der Waals surface area contributed by atoms with Crippen molar-refractivity contribution in [1.29, 1.82) is 0 Å². The highest BCUT2D eigenvalue weighted by atomic mass is 32.2. The van der Waals surface area contributed by atoms with Crippen molar-refractivity contribution in [2.24, 2.45) is 0 Å². The number of hydrogen-bond acceptors (Lipinski definition) is 4. The van der Waals surface area contributed by atoms with E-state index in [1.807, 2.05) is 6.26 Å².